The summed E-state index contributed by atoms with van der Waals surface area (Å²) in [7, 11) is 0. The SMILES string of the molecule is O=C1CCCc2cc(-c3ccc(Br)cc3)ccc21. The molecule has 0 N–H and O–H groups in total. The van der Waals surface area contributed by atoms with Crippen LogP contribution in [-0.4, -0.2) is 5.78 Å². The largest absolute Gasteiger partial charge is 0.294 e. The van der Waals surface area contributed by atoms with Gasteiger partial charge in [-0.3, -0.25) is 4.79 Å². The van der Waals surface area contributed by atoms with Crippen LogP contribution in [0.1, 0.15) is 28.8 Å². The van der Waals surface area contributed by atoms with Gasteiger partial charge in [0, 0.05) is 16.5 Å². The van der Waals surface area contributed by atoms with E-state index in [4.69, 9.17) is 0 Å². The number of hydrogen-bond acceptors (Lipinski definition) is 1. The molecule has 3 rings (SSSR count). The van der Waals surface area contributed by atoms with Gasteiger partial charge in [-0.1, -0.05) is 46.3 Å². The molecule has 0 amide bonds. The first-order valence-corrected chi connectivity index (χ1v) is 6.95. The summed E-state index contributed by atoms with van der Waals surface area (Å²) in [5.74, 6) is 0.290. The Morgan fingerprint density at radius 3 is 2.39 bits per heavy atom. The Bertz CT molecular complexity index is 599. The van der Waals surface area contributed by atoms with Crippen LogP contribution in [0.5, 0.6) is 0 Å². The summed E-state index contributed by atoms with van der Waals surface area (Å²) in [6, 6.07) is 14.5. The lowest BCUT2D eigenvalue weighted by Gasteiger charge is -2.15. The van der Waals surface area contributed by atoms with E-state index in [0.29, 0.717) is 12.2 Å². The molecule has 90 valence electrons. The number of benzene rings is 2. The highest BCUT2D eigenvalue weighted by atomic mass is 79.9. The first-order chi connectivity index (χ1) is 8.74. The van der Waals surface area contributed by atoms with Crippen molar-refractivity contribution < 1.29 is 4.79 Å². The standard InChI is InChI=1S/C16H13BrO/c17-14-7-4-11(5-8-14)12-6-9-15-13(10-12)2-1-3-16(15)18/h4-10H,1-3H2. The molecule has 0 saturated heterocycles. The van der Waals surface area contributed by atoms with Crippen molar-refractivity contribution in [2.24, 2.45) is 0 Å². The quantitative estimate of drug-likeness (QED) is 0.750. The third-order valence-corrected chi connectivity index (χ3v) is 3.96. The Labute approximate surface area is 115 Å². The average Bonchev–Trinajstić information content (AvgIpc) is 2.39. The number of hydrogen-bond donors (Lipinski definition) is 0. The molecule has 2 aromatic rings. The molecule has 0 aliphatic heterocycles. The molecule has 0 atom stereocenters. The number of carbonyl (C=O) groups excluding carboxylic acids is 1. The predicted octanol–water partition coefficient (Wildman–Crippen LogP) is 4.64. The van der Waals surface area contributed by atoms with Crippen molar-refractivity contribution in [1.82, 2.24) is 0 Å². The number of rotatable bonds is 1. The topological polar surface area (TPSA) is 17.1 Å². The number of aryl methyl sites for hydroxylation is 1. The van der Waals surface area contributed by atoms with E-state index in [9.17, 15) is 4.79 Å². The molecule has 1 aliphatic rings. The van der Waals surface area contributed by atoms with Gasteiger partial charge in [-0.05, 0) is 41.7 Å². The van der Waals surface area contributed by atoms with E-state index in [0.717, 1.165) is 22.9 Å². The monoisotopic (exact) mass is 300 g/mol. The van der Waals surface area contributed by atoms with Crippen molar-refractivity contribution >= 4 is 21.7 Å². The first kappa shape index (κ1) is 11.7. The van der Waals surface area contributed by atoms with Gasteiger partial charge in [0.15, 0.2) is 5.78 Å². The van der Waals surface area contributed by atoms with Crippen LogP contribution in [-0.2, 0) is 6.42 Å². The maximum absolute atomic E-state index is 11.8. The van der Waals surface area contributed by atoms with Crippen molar-refractivity contribution in [3.05, 3.63) is 58.1 Å². The molecule has 0 spiro atoms. The fraction of sp³-hybridized carbons (Fsp3) is 0.188. The molecule has 0 unspecified atom stereocenters. The van der Waals surface area contributed by atoms with E-state index in [1.807, 2.05) is 24.3 Å². The summed E-state index contributed by atoms with van der Waals surface area (Å²) in [6.07, 6.45) is 2.70. The average molecular weight is 301 g/mol. The lowest BCUT2D eigenvalue weighted by Crippen LogP contribution is -2.10. The Morgan fingerprint density at radius 1 is 0.889 bits per heavy atom. The first-order valence-electron chi connectivity index (χ1n) is 6.16. The van der Waals surface area contributed by atoms with Crippen molar-refractivity contribution in [3.63, 3.8) is 0 Å². The predicted molar refractivity (Wildman–Crippen MR) is 76.8 cm³/mol. The van der Waals surface area contributed by atoms with Crippen molar-refractivity contribution in [2.45, 2.75) is 19.3 Å². The van der Waals surface area contributed by atoms with Gasteiger partial charge >= 0.3 is 0 Å². The second kappa shape index (κ2) is 4.69. The van der Waals surface area contributed by atoms with Crippen LogP contribution in [0.4, 0.5) is 0 Å². The molecule has 1 nitrogen and oxygen atoms in total. The van der Waals surface area contributed by atoms with Crippen LogP contribution in [0.3, 0.4) is 0 Å². The summed E-state index contributed by atoms with van der Waals surface area (Å²) in [4.78, 5) is 11.8. The molecule has 0 bridgehead atoms. The molecule has 0 fully saturated rings. The Balaban J connectivity index is 2.04. The molecular weight excluding hydrogens is 288 g/mol. The molecule has 2 aromatic carbocycles. The number of carbonyl (C=O) groups is 1. The highest BCUT2D eigenvalue weighted by Gasteiger charge is 2.17. The van der Waals surface area contributed by atoms with Gasteiger partial charge in [0.1, 0.15) is 0 Å². The summed E-state index contributed by atoms with van der Waals surface area (Å²) in [5.41, 5.74) is 4.50. The van der Waals surface area contributed by atoms with Crippen LogP contribution in [0.25, 0.3) is 11.1 Å². The van der Waals surface area contributed by atoms with Gasteiger partial charge in [-0.25, -0.2) is 0 Å². The van der Waals surface area contributed by atoms with Crippen molar-refractivity contribution in [3.8, 4) is 11.1 Å². The van der Waals surface area contributed by atoms with Crippen molar-refractivity contribution in [1.29, 1.82) is 0 Å². The van der Waals surface area contributed by atoms with E-state index in [1.165, 1.54) is 16.7 Å². The second-order valence-corrected chi connectivity index (χ2v) is 5.57. The van der Waals surface area contributed by atoms with Crippen LogP contribution >= 0.6 is 15.9 Å². The molecule has 0 heterocycles. The highest BCUT2D eigenvalue weighted by Crippen LogP contribution is 2.28. The molecule has 2 heteroatoms. The van der Waals surface area contributed by atoms with E-state index in [2.05, 4.69) is 34.1 Å². The number of Topliss-reactive ketones (excluding diaryl/α,β-unsaturated/α-hetero) is 1. The number of ketones is 1. The molecule has 18 heavy (non-hydrogen) atoms. The van der Waals surface area contributed by atoms with Crippen LogP contribution in [0.2, 0.25) is 0 Å². The molecular formula is C16H13BrO. The zero-order chi connectivity index (χ0) is 12.5. The lowest BCUT2D eigenvalue weighted by atomic mass is 9.88. The Hall–Kier alpha value is -1.41. The fourth-order valence-electron chi connectivity index (χ4n) is 2.47. The normalized spacial score (nSPS) is 14.4. The molecule has 0 radical (unpaired) electrons. The smallest absolute Gasteiger partial charge is 0.163 e. The van der Waals surface area contributed by atoms with Crippen molar-refractivity contribution in [2.75, 3.05) is 0 Å². The maximum Gasteiger partial charge on any atom is 0.163 e. The van der Waals surface area contributed by atoms with Gasteiger partial charge < -0.3 is 0 Å². The Morgan fingerprint density at radius 2 is 1.61 bits per heavy atom. The summed E-state index contributed by atoms with van der Waals surface area (Å²) in [5, 5.41) is 0. The maximum atomic E-state index is 11.8. The minimum Gasteiger partial charge on any atom is -0.294 e. The molecule has 1 aliphatic carbocycles. The van der Waals surface area contributed by atoms with E-state index in [1.54, 1.807) is 0 Å². The number of fused-ring (bicyclic) bond motifs is 1. The highest BCUT2D eigenvalue weighted by molar-refractivity contribution is 9.10. The lowest BCUT2D eigenvalue weighted by molar-refractivity contribution is 0.0972. The van der Waals surface area contributed by atoms with E-state index in [-0.39, 0.29) is 0 Å². The minimum atomic E-state index is 0.290. The summed E-state index contributed by atoms with van der Waals surface area (Å²) in [6.45, 7) is 0. The minimum absolute atomic E-state index is 0.290. The van der Waals surface area contributed by atoms with Gasteiger partial charge in [0.05, 0.1) is 0 Å². The van der Waals surface area contributed by atoms with Crippen LogP contribution in [0.15, 0.2) is 46.9 Å². The van der Waals surface area contributed by atoms with Crippen LogP contribution in [0, 0.1) is 0 Å². The summed E-state index contributed by atoms with van der Waals surface area (Å²) >= 11 is 3.44. The number of halogens is 1. The zero-order valence-corrected chi connectivity index (χ0v) is 11.5. The van der Waals surface area contributed by atoms with Gasteiger partial charge in [-0.15, -0.1) is 0 Å². The third-order valence-electron chi connectivity index (χ3n) is 3.43. The van der Waals surface area contributed by atoms with E-state index < -0.39 is 0 Å². The zero-order valence-electron chi connectivity index (χ0n) is 9.95. The van der Waals surface area contributed by atoms with Gasteiger partial charge in [0.25, 0.3) is 0 Å². The molecule has 0 aromatic heterocycles. The van der Waals surface area contributed by atoms with Gasteiger partial charge in [-0.2, -0.15) is 0 Å². The molecule has 0 saturated carbocycles. The third kappa shape index (κ3) is 2.13. The fourth-order valence-corrected chi connectivity index (χ4v) is 2.73. The van der Waals surface area contributed by atoms with E-state index >= 15 is 0 Å². The Kier molecular flexibility index (Phi) is 3.04. The summed E-state index contributed by atoms with van der Waals surface area (Å²) < 4.78 is 1.08. The van der Waals surface area contributed by atoms with Crippen LogP contribution < -0.4 is 0 Å². The van der Waals surface area contributed by atoms with Gasteiger partial charge in [0.2, 0.25) is 0 Å². The second-order valence-electron chi connectivity index (χ2n) is 4.66.